The summed E-state index contributed by atoms with van der Waals surface area (Å²) in [6.45, 7) is 2.90. The van der Waals surface area contributed by atoms with Gasteiger partial charge in [0.1, 0.15) is 12.1 Å². The van der Waals surface area contributed by atoms with Crippen LogP contribution in [0.3, 0.4) is 0 Å². The Balaban J connectivity index is 1.34. The lowest BCUT2D eigenvalue weighted by Crippen LogP contribution is -2.50. The number of hydrogen-bond acceptors (Lipinski definition) is 5. The minimum atomic E-state index is -1.40. The fraction of sp³-hybridized carbons (Fsp3) is 0.522. The zero-order chi connectivity index (χ0) is 23.0. The highest BCUT2D eigenvalue weighted by Crippen LogP contribution is 2.49. The van der Waals surface area contributed by atoms with E-state index in [1.54, 1.807) is 18.2 Å². The van der Waals surface area contributed by atoms with E-state index in [1.807, 2.05) is 13.0 Å². The van der Waals surface area contributed by atoms with E-state index in [9.17, 15) is 19.2 Å². The Morgan fingerprint density at radius 1 is 1.31 bits per heavy atom. The summed E-state index contributed by atoms with van der Waals surface area (Å²) in [6, 6.07) is 6.96. The zero-order valence-corrected chi connectivity index (χ0v) is 18.2. The van der Waals surface area contributed by atoms with E-state index in [1.165, 1.54) is 32.3 Å². The number of amides is 6. The van der Waals surface area contributed by atoms with Gasteiger partial charge in [-0.2, -0.15) is 5.26 Å². The number of urea groups is 2. The predicted molar refractivity (Wildman–Crippen MR) is 114 cm³/mol. The highest BCUT2D eigenvalue weighted by Gasteiger charge is 2.49. The van der Waals surface area contributed by atoms with Crippen molar-refractivity contribution in [2.45, 2.75) is 51.1 Å². The molecule has 32 heavy (non-hydrogen) atoms. The number of hydrogen-bond donors (Lipinski definition) is 3. The Bertz CT molecular complexity index is 1020. The molecule has 5 unspecified atom stereocenters. The molecule has 3 fully saturated rings. The third-order valence-corrected chi connectivity index (χ3v) is 7.19. The first-order chi connectivity index (χ1) is 15.2. The van der Waals surface area contributed by atoms with Gasteiger partial charge in [0.2, 0.25) is 5.91 Å². The summed E-state index contributed by atoms with van der Waals surface area (Å²) in [5.41, 5.74) is -0.610. The number of rotatable bonds is 5. The lowest BCUT2D eigenvalue weighted by atomic mass is 9.84. The highest BCUT2D eigenvalue weighted by atomic mass is 16.2. The number of nitrogens with zero attached hydrogens (tertiary/aromatic N) is 2. The van der Waals surface area contributed by atoms with Crippen molar-refractivity contribution in [2.75, 3.05) is 6.54 Å². The van der Waals surface area contributed by atoms with E-state index < -0.39 is 36.0 Å². The van der Waals surface area contributed by atoms with Gasteiger partial charge in [0.15, 0.2) is 0 Å². The van der Waals surface area contributed by atoms with E-state index >= 15 is 0 Å². The number of nitrogens with one attached hydrogen (secondary N) is 3. The fourth-order valence-electron chi connectivity index (χ4n) is 5.50. The van der Waals surface area contributed by atoms with Crippen LogP contribution in [0.5, 0.6) is 0 Å². The lowest BCUT2D eigenvalue weighted by Gasteiger charge is -2.28. The molecule has 0 radical (unpaired) electrons. The van der Waals surface area contributed by atoms with E-state index in [2.05, 4.69) is 16.0 Å². The van der Waals surface area contributed by atoms with E-state index in [0.717, 1.165) is 17.2 Å². The van der Waals surface area contributed by atoms with Crippen molar-refractivity contribution in [2.24, 2.45) is 17.8 Å². The molecule has 1 saturated heterocycles. The quantitative estimate of drug-likeness (QED) is 0.606. The molecule has 1 aromatic rings. The monoisotopic (exact) mass is 437 g/mol. The molecule has 1 aromatic carbocycles. The van der Waals surface area contributed by atoms with Gasteiger partial charge >= 0.3 is 12.1 Å². The average Bonchev–Trinajstić information content (AvgIpc) is 3.45. The molecule has 4 rings (SSSR count). The maximum atomic E-state index is 13.0. The van der Waals surface area contributed by atoms with Gasteiger partial charge in [0.05, 0.1) is 11.6 Å². The molecule has 2 saturated carbocycles. The van der Waals surface area contributed by atoms with Crippen molar-refractivity contribution < 1.29 is 19.2 Å². The van der Waals surface area contributed by atoms with Gasteiger partial charge in [-0.1, -0.05) is 18.6 Å². The molecule has 3 N–H and O–H groups in total. The third-order valence-electron chi connectivity index (χ3n) is 7.19. The van der Waals surface area contributed by atoms with E-state index in [4.69, 9.17) is 5.26 Å². The van der Waals surface area contributed by atoms with Crippen LogP contribution in [0, 0.1) is 29.1 Å². The first-order valence-corrected chi connectivity index (χ1v) is 11.0. The SMILES string of the molecule is CC(NC(=O)NC(=O)CN1C(=O)NC(C)(c2cccc(C#N)c2)C1=O)C1CC2CCC1C2. The van der Waals surface area contributed by atoms with Gasteiger partial charge in [-0.05, 0) is 68.6 Å². The Labute approximate surface area is 186 Å². The van der Waals surface area contributed by atoms with Gasteiger partial charge < -0.3 is 10.6 Å². The second-order valence-corrected chi connectivity index (χ2v) is 9.29. The van der Waals surface area contributed by atoms with Gasteiger partial charge in [-0.25, -0.2) is 9.59 Å². The summed E-state index contributed by atoms with van der Waals surface area (Å²) in [4.78, 5) is 50.9. The lowest BCUT2D eigenvalue weighted by molar-refractivity contribution is -0.134. The highest BCUT2D eigenvalue weighted by molar-refractivity contribution is 6.10. The van der Waals surface area contributed by atoms with Crippen molar-refractivity contribution in [3.8, 4) is 6.07 Å². The molecule has 2 bridgehead atoms. The third kappa shape index (κ3) is 3.93. The van der Waals surface area contributed by atoms with Crippen molar-refractivity contribution in [1.29, 1.82) is 5.26 Å². The molecule has 168 valence electrons. The van der Waals surface area contributed by atoms with Gasteiger partial charge in [0.25, 0.3) is 5.91 Å². The number of nitriles is 1. The summed E-state index contributed by atoms with van der Waals surface area (Å²) >= 11 is 0. The van der Waals surface area contributed by atoms with Crippen molar-refractivity contribution >= 4 is 23.9 Å². The molecule has 6 amide bonds. The second kappa shape index (κ2) is 8.26. The minimum absolute atomic E-state index is 0.0504. The summed E-state index contributed by atoms with van der Waals surface area (Å²) in [6.07, 6.45) is 4.79. The summed E-state index contributed by atoms with van der Waals surface area (Å²) < 4.78 is 0. The van der Waals surface area contributed by atoms with Crippen LogP contribution in [0.2, 0.25) is 0 Å². The van der Waals surface area contributed by atoms with Crippen LogP contribution >= 0.6 is 0 Å². The Hall–Kier alpha value is -3.41. The van der Waals surface area contributed by atoms with Crippen LogP contribution in [0.25, 0.3) is 0 Å². The molecule has 3 aliphatic rings. The van der Waals surface area contributed by atoms with E-state index in [-0.39, 0.29) is 6.04 Å². The van der Waals surface area contributed by atoms with Crippen LogP contribution in [0.1, 0.15) is 50.7 Å². The van der Waals surface area contributed by atoms with Crippen molar-refractivity contribution in [3.63, 3.8) is 0 Å². The van der Waals surface area contributed by atoms with Gasteiger partial charge in [-0.3, -0.25) is 19.8 Å². The molecular weight excluding hydrogens is 410 g/mol. The predicted octanol–water partition coefficient (Wildman–Crippen LogP) is 1.98. The van der Waals surface area contributed by atoms with Crippen molar-refractivity contribution in [1.82, 2.24) is 20.9 Å². The second-order valence-electron chi connectivity index (χ2n) is 9.29. The Morgan fingerprint density at radius 2 is 2.09 bits per heavy atom. The van der Waals surface area contributed by atoms with Crippen LogP contribution in [0.15, 0.2) is 24.3 Å². The molecule has 0 aromatic heterocycles. The Morgan fingerprint density at radius 3 is 2.75 bits per heavy atom. The molecule has 2 aliphatic carbocycles. The molecule has 9 heteroatoms. The average molecular weight is 438 g/mol. The van der Waals surface area contributed by atoms with Crippen LogP contribution in [0.4, 0.5) is 9.59 Å². The number of carbonyl (C=O) groups excluding carboxylic acids is 4. The normalized spacial score (nSPS) is 29.4. The van der Waals surface area contributed by atoms with Crippen LogP contribution in [-0.2, 0) is 15.1 Å². The molecule has 0 spiro atoms. The number of carbonyl (C=O) groups is 4. The smallest absolute Gasteiger partial charge is 0.325 e. The zero-order valence-electron chi connectivity index (χ0n) is 18.2. The van der Waals surface area contributed by atoms with Crippen LogP contribution in [-0.4, -0.2) is 41.4 Å². The molecule has 9 nitrogen and oxygen atoms in total. The molecule has 1 heterocycles. The maximum absolute atomic E-state index is 13.0. The standard InChI is InChI=1S/C23H27N5O4/c1-13(18-10-14-6-7-16(18)8-14)25-21(31)26-19(29)12-28-20(30)23(2,27-22(28)32)17-5-3-4-15(9-17)11-24/h3-5,9,13-14,16,18H,6-8,10,12H2,1-2H3,(H,27,32)(H2,25,26,29,31). The molecular formula is C23H27N5O4. The van der Waals surface area contributed by atoms with Crippen LogP contribution < -0.4 is 16.0 Å². The summed E-state index contributed by atoms with van der Waals surface area (Å²) in [5.74, 6) is 0.436. The molecule has 1 aliphatic heterocycles. The van der Waals surface area contributed by atoms with Gasteiger partial charge in [0, 0.05) is 6.04 Å². The number of imide groups is 2. The number of fused-ring (bicyclic) bond motifs is 2. The summed E-state index contributed by atoms with van der Waals surface area (Å²) in [5, 5.41) is 16.7. The first-order valence-electron chi connectivity index (χ1n) is 11.0. The summed E-state index contributed by atoms with van der Waals surface area (Å²) in [7, 11) is 0. The fourth-order valence-corrected chi connectivity index (χ4v) is 5.50. The van der Waals surface area contributed by atoms with E-state index in [0.29, 0.717) is 23.0 Å². The van der Waals surface area contributed by atoms with Crippen molar-refractivity contribution in [3.05, 3.63) is 35.4 Å². The first kappa shape index (κ1) is 21.8. The Kier molecular flexibility index (Phi) is 5.63. The minimum Gasteiger partial charge on any atom is -0.335 e. The number of benzene rings is 1. The molecule has 5 atom stereocenters. The van der Waals surface area contributed by atoms with Gasteiger partial charge in [-0.15, -0.1) is 0 Å². The largest absolute Gasteiger partial charge is 0.335 e. The topological polar surface area (TPSA) is 131 Å². The maximum Gasteiger partial charge on any atom is 0.325 e.